The van der Waals surface area contributed by atoms with Crippen LogP contribution in [0.3, 0.4) is 0 Å². The van der Waals surface area contributed by atoms with Crippen LogP contribution in [0.1, 0.15) is 54.9 Å². The fourth-order valence-corrected chi connectivity index (χ4v) is 4.86. The van der Waals surface area contributed by atoms with Crippen LogP contribution in [0.5, 0.6) is 0 Å². The van der Waals surface area contributed by atoms with Crippen LogP contribution in [0.2, 0.25) is 0 Å². The van der Waals surface area contributed by atoms with Crippen LogP contribution >= 0.6 is 11.3 Å². The second-order valence-corrected chi connectivity index (χ2v) is 9.28. The molecule has 2 aromatic heterocycles. The van der Waals surface area contributed by atoms with Crippen molar-refractivity contribution in [1.82, 2.24) is 10.2 Å². The third-order valence-corrected chi connectivity index (χ3v) is 6.77. The molecule has 1 saturated carbocycles. The highest BCUT2D eigenvalue weighted by atomic mass is 32.1. The summed E-state index contributed by atoms with van der Waals surface area (Å²) in [5, 5.41) is 5.29. The van der Waals surface area contributed by atoms with Gasteiger partial charge in [-0.3, -0.25) is 9.69 Å². The van der Waals surface area contributed by atoms with Crippen molar-refractivity contribution in [2.45, 2.75) is 51.5 Å². The first-order valence-corrected chi connectivity index (χ1v) is 11.2. The molecular formula is C22H30N2O2S. The van der Waals surface area contributed by atoms with E-state index in [0.29, 0.717) is 24.7 Å². The molecule has 2 aliphatic rings. The number of hydrogen-bond acceptors (Lipinski definition) is 4. The minimum Gasteiger partial charge on any atom is -0.466 e. The summed E-state index contributed by atoms with van der Waals surface area (Å²) in [7, 11) is 0. The lowest BCUT2D eigenvalue weighted by Gasteiger charge is -2.32. The lowest BCUT2D eigenvalue weighted by atomic mass is 9.98. The molecule has 2 aromatic rings. The maximum absolute atomic E-state index is 12.2. The first-order valence-electron chi connectivity index (χ1n) is 10.3. The van der Waals surface area contributed by atoms with Crippen molar-refractivity contribution < 1.29 is 9.21 Å². The molecule has 1 amide bonds. The van der Waals surface area contributed by atoms with Crippen molar-refractivity contribution in [3.8, 4) is 0 Å². The van der Waals surface area contributed by atoms with E-state index < -0.39 is 0 Å². The van der Waals surface area contributed by atoms with E-state index in [1.165, 1.54) is 30.7 Å². The Morgan fingerprint density at radius 1 is 1.37 bits per heavy atom. The van der Waals surface area contributed by atoms with Gasteiger partial charge in [-0.1, -0.05) is 13.0 Å². The second kappa shape index (κ2) is 8.61. The van der Waals surface area contributed by atoms with Crippen molar-refractivity contribution in [3.05, 3.63) is 46.0 Å². The minimum atomic E-state index is 0.142. The zero-order chi connectivity index (χ0) is 18.6. The Bertz CT molecular complexity index is 739. The van der Waals surface area contributed by atoms with Crippen LogP contribution in [0.15, 0.2) is 34.1 Å². The lowest BCUT2D eigenvalue weighted by molar-refractivity contribution is -0.121. The maximum atomic E-state index is 12.2. The molecule has 0 bridgehead atoms. The molecule has 4 rings (SSSR count). The number of amides is 1. The molecule has 1 saturated heterocycles. The Morgan fingerprint density at radius 2 is 2.26 bits per heavy atom. The van der Waals surface area contributed by atoms with Crippen molar-refractivity contribution in [1.29, 1.82) is 0 Å². The highest BCUT2D eigenvalue weighted by molar-refractivity contribution is 7.09. The number of furan rings is 1. The summed E-state index contributed by atoms with van der Waals surface area (Å²) < 4.78 is 5.90. The lowest BCUT2D eigenvalue weighted by Crippen LogP contribution is -2.40. The molecule has 0 aromatic carbocycles. The SMILES string of the molecule is CC1CC1c1ccc(CCC(=O)NCC2CCCN(Cc3cccs3)C2)o1. The zero-order valence-corrected chi connectivity index (χ0v) is 17.0. The molecule has 3 unspecified atom stereocenters. The summed E-state index contributed by atoms with van der Waals surface area (Å²) in [4.78, 5) is 16.2. The van der Waals surface area contributed by atoms with E-state index in [1.807, 2.05) is 17.4 Å². The number of piperidine rings is 1. The molecule has 3 atom stereocenters. The molecule has 2 fully saturated rings. The molecule has 4 nitrogen and oxygen atoms in total. The van der Waals surface area contributed by atoms with Gasteiger partial charge in [-0.25, -0.2) is 0 Å². The number of rotatable bonds is 8. The average molecular weight is 387 g/mol. The van der Waals surface area contributed by atoms with Gasteiger partial charge in [0.15, 0.2) is 0 Å². The number of carbonyl (C=O) groups excluding carboxylic acids is 1. The molecule has 0 radical (unpaired) electrons. The number of thiophene rings is 1. The quantitative estimate of drug-likeness (QED) is 0.730. The van der Waals surface area contributed by atoms with Gasteiger partial charge in [-0.2, -0.15) is 0 Å². The van der Waals surface area contributed by atoms with Crippen LogP contribution in [-0.2, 0) is 17.8 Å². The summed E-state index contributed by atoms with van der Waals surface area (Å²) in [5.41, 5.74) is 0. The highest BCUT2D eigenvalue weighted by Gasteiger charge is 2.36. The van der Waals surface area contributed by atoms with E-state index in [9.17, 15) is 4.79 Å². The van der Waals surface area contributed by atoms with Crippen LogP contribution in [0.25, 0.3) is 0 Å². The number of nitrogens with zero attached hydrogens (tertiary/aromatic N) is 1. The van der Waals surface area contributed by atoms with Crippen molar-refractivity contribution in [3.63, 3.8) is 0 Å². The monoisotopic (exact) mass is 386 g/mol. The Balaban J connectivity index is 1.16. The van der Waals surface area contributed by atoms with Gasteiger partial charge in [-0.15, -0.1) is 11.3 Å². The molecular weight excluding hydrogens is 356 g/mol. The van der Waals surface area contributed by atoms with E-state index in [0.717, 1.165) is 37.1 Å². The fourth-order valence-electron chi connectivity index (χ4n) is 4.11. The zero-order valence-electron chi connectivity index (χ0n) is 16.2. The van der Waals surface area contributed by atoms with Crippen LogP contribution in [0.4, 0.5) is 0 Å². The van der Waals surface area contributed by atoms with Gasteiger partial charge in [0.05, 0.1) is 0 Å². The number of hydrogen-bond donors (Lipinski definition) is 1. The third-order valence-electron chi connectivity index (χ3n) is 5.91. The molecule has 27 heavy (non-hydrogen) atoms. The molecule has 3 heterocycles. The average Bonchev–Trinajstić information content (AvgIpc) is 3.07. The number of carbonyl (C=O) groups is 1. The fraction of sp³-hybridized carbons (Fsp3) is 0.591. The predicted molar refractivity (Wildman–Crippen MR) is 109 cm³/mol. The number of aryl methyl sites for hydroxylation is 1. The second-order valence-electron chi connectivity index (χ2n) is 8.25. The predicted octanol–water partition coefficient (Wildman–Crippen LogP) is 4.43. The van der Waals surface area contributed by atoms with Gasteiger partial charge < -0.3 is 9.73 Å². The smallest absolute Gasteiger partial charge is 0.220 e. The Hall–Kier alpha value is -1.59. The van der Waals surface area contributed by atoms with Crippen molar-refractivity contribution in [2.75, 3.05) is 19.6 Å². The van der Waals surface area contributed by atoms with E-state index in [4.69, 9.17) is 4.42 Å². The van der Waals surface area contributed by atoms with Crippen LogP contribution in [-0.4, -0.2) is 30.4 Å². The summed E-state index contributed by atoms with van der Waals surface area (Å²) >= 11 is 1.83. The largest absolute Gasteiger partial charge is 0.466 e. The summed E-state index contributed by atoms with van der Waals surface area (Å²) in [6.45, 7) is 6.35. The standard InChI is InChI=1S/C22H30N2O2S/c1-16-12-20(16)21-8-6-18(26-21)7-9-22(25)23-13-17-4-2-10-24(14-17)15-19-5-3-11-27-19/h3,5-6,8,11,16-17,20H,2,4,7,9-10,12-15H2,1H3,(H,23,25). The maximum Gasteiger partial charge on any atom is 0.220 e. The summed E-state index contributed by atoms with van der Waals surface area (Å²) in [6, 6.07) is 8.46. The topological polar surface area (TPSA) is 45.5 Å². The van der Waals surface area contributed by atoms with E-state index >= 15 is 0 Å². The van der Waals surface area contributed by atoms with Gasteiger partial charge in [-0.05, 0) is 61.2 Å². The first kappa shape index (κ1) is 18.8. The third kappa shape index (κ3) is 5.23. The first-order chi connectivity index (χ1) is 13.2. The molecule has 1 N–H and O–H groups in total. The Kier molecular flexibility index (Phi) is 5.98. The van der Waals surface area contributed by atoms with E-state index in [1.54, 1.807) is 0 Å². The van der Waals surface area contributed by atoms with Crippen molar-refractivity contribution >= 4 is 17.2 Å². The van der Waals surface area contributed by atoms with E-state index in [-0.39, 0.29) is 5.91 Å². The molecule has 0 spiro atoms. The van der Waals surface area contributed by atoms with Gasteiger partial charge in [0.2, 0.25) is 5.91 Å². The molecule has 146 valence electrons. The van der Waals surface area contributed by atoms with Crippen molar-refractivity contribution in [2.24, 2.45) is 11.8 Å². The molecule has 5 heteroatoms. The number of nitrogens with one attached hydrogen (secondary N) is 1. The highest BCUT2D eigenvalue weighted by Crippen LogP contribution is 2.47. The number of likely N-dealkylation sites (tertiary alicyclic amines) is 1. The summed E-state index contributed by atoms with van der Waals surface area (Å²) in [5.74, 6) is 4.11. The van der Waals surface area contributed by atoms with Crippen LogP contribution in [0, 0.1) is 11.8 Å². The van der Waals surface area contributed by atoms with E-state index in [2.05, 4.69) is 40.7 Å². The summed E-state index contributed by atoms with van der Waals surface area (Å²) in [6.07, 6.45) is 4.88. The normalized spacial score (nSPS) is 25.4. The van der Waals surface area contributed by atoms with Gasteiger partial charge in [0.1, 0.15) is 11.5 Å². The molecule has 1 aliphatic heterocycles. The minimum absolute atomic E-state index is 0.142. The molecule has 1 aliphatic carbocycles. The Morgan fingerprint density at radius 3 is 3.04 bits per heavy atom. The van der Waals surface area contributed by atoms with Gasteiger partial charge >= 0.3 is 0 Å². The van der Waals surface area contributed by atoms with Gasteiger partial charge in [0.25, 0.3) is 0 Å². The van der Waals surface area contributed by atoms with Crippen LogP contribution < -0.4 is 5.32 Å². The van der Waals surface area contributed by atoms with Gasteiger partial charge in [0, 0.05) is 43.3 Å². The Labute approximate surface area is 165 Å².